The van der Waals surface area contributed by atoms with Crippen LogP contribution in [0.15, 0.2) is 48.8 Å². The summed E-state index contributed by atoms with van der Waals surface area (Å²) in [6.07, 6.45) is 3.47. The van der Waals surface area contributed by atoms with E-state index in [1.807, 2.05) is 25.1 Å². The molecule has 0 fully saturated rings. The zero-order valence-corrected chi connectivity index (χ0v) is 15.1. The van der Waals surface area contributed by atoms with Crippen molar-refractivity contribution in [3.63, 3.8) is 0 Å². The van der Waals surface area contributed by atoms with E-state index in [4.69, 9.17) is 10.5 Å². The fourth-order valence-electron chi connectivity index (χ4n) is 1.83. The van der Waals surface area contributed by atoms with Crippen LogP contribution in [0.2, 0.25) is 0 Å². The normalized spacial score (nSPS) is 10.8. The first-order valence-corrected chi connectivity index (χ1v) is 7.29. The predicted molar refractivity (Wildman–Crippen MR) is 100 cm³/mol. The number of amides is 1. The Balaban J connectivity index is 0.00000264. The second-order valence-corrected chi connectivity index (χ2v) is 5.23. The van der Waals surface area contributed by atoms with Crippen LogP contribution in [-0.4, -0.2) is 24.0 Å². The van der Waals surface area contributed by atoms with Gasteiger partial charge in [-0.3, -0.25) is 9.78 Å². The molecule has 0 saturated heterocycles. The van der Waals surface area contributed by atoms with Gasteiger partial charge in [-0.2, -0.15) is 0 Å². The number of pyridine rings is 1. The van der Waals surface area contributed by atoms with Gasteiger partial charge in [0.1, 0.15) is 12.4 Å². The van der Waals surface area contributed by atoms with Crippen LogP contribution in [0.25, 0.3) is 0 Å². The van der Waals surface area contributed by atoms with Crippen molar-refractivity contribution in [1.29, 1.82) is 0 Å². The number of benzene rings is 1. The Morgan fingerprint density at radius 2 is 2.08 bits per heavy atom. The number of hydrogen-bond donors (Lipinski definition) is 2. The lowest BCUT2D eigenvalue weighted by molar-refractivity contribution is 0.0948. The maximum absolute atomic E-state index is 12.1. The molecule has 5 nitrogen and oxygen atoms in total. The van der Waals surface area contributed by atoms with E-state index in [-0.39, 0.29) is 36.6 Å². The molecule has 24 heavy (non-hydrogen) atoms. The first-order chi connectivity index (χ1) is 10.7. The van der Waals surface area contributed by atoms with Crippen molar-refractivity contribution < 1.29 is 9.53 Å². The molecule has 0 radical (unpaired) electrons. The Morgan fingerprint density at radius 1 is 1.29 bits per heavy atom. The van der Waals surface area contributed by atoms with E-state index < -0.39 is 0 Å². The molecule has 1 heterocycles. The molecule has 1 unspecified atom stereocenters. The summed E-state index contributed by atoms with van der Waals surface area (Å²) in [5.74, 6) is 0.796. The summed E-state index contributed by atoms with van der Waals surface area (Å²) >= 11 is 0. The van der Waals surface area contributed by atoms with Gasteiger partial charge >= 0.3 is 0 Å². The molecule has 1 aromatic heterocycles. The number of nitrogens with zero attached hydrogens (tertiary/aromatic N) is 1. The average Bonchev–Trinajstić information content (AvgIpc) is 2.58. The van der Waals surface area contributed by atoms with Crippen molar-refractivity contribution in [1.82, 2.24) is 10.3 Å². The highest BCUT2D eigenvalue weighted by Crippen LogP contribution is 2.15. The third kappa shape index (κ3) is 7.17. The molecule has 0 bridgehead atoms. The monoisotopic (exact) mass is 371 g/mol. The van der Waals surface area contributed by atoms with Crippen molar-refractivity contribution in [2.75, 3.05) is 13.1 Å². The van der Waals surface area contributed by atoms with Crippen LogP contribution < -0.4 is 15.8 Å². The largest absolute Gasteiger partial charge is 0.489 e. The number of carbonyl (C=O) groups excluding carboxylic acids is 1. The fraction of sp³-hybridized carbons (Fsp3) is 0.294. The smallest absolute Gasteiger partial charge is 0.251 e. The highest BCUT2D eigenvalue weighted by Gasteiger charge is 2.08. The highest BCUT2D eigenvalue weighted by atomic mass is 35.5. The van der Waals surface area contributed by atoms with Crippen LogP contribution >= 0.6 is 24.8 Å². The highest BCUT2D eigenvalue weighted by molar-refractivity contribution is 5.94. The third-order valence-electron chi connectivity index (χ3n) is 3.24. The molecule has 1 amide bonds. The molecule has 2 rings (SSSR count). The lowest BCUT2D eigenvalue weighted by Crippen LogP contribution is -2.31. The average molecular weight is 372 g/mol. The van der Waals surface area contributed by atoms with Gasteiger partial charge in [0.25, 0.3) is 5.91 Å². The Bertz CT molecular complexity index is 612. The first kappa shape index (κ1) is 22.2. The Kier molecular flexibility index (Phi) is 10.8. The van der Waals surface area contributed by atoms with Crippen molar-refractivity contribution in [3.8, 4) is 5.75 Å². The molecule has 0 aliphatic heterocycles. The summed E-state index contributed by atoms with van der Waals surface area (Å²) in [5.41, 5.74) is 7.10. The second kappa shape index (κ2) is 11.7. The van der Waals surface area contributed by atoms with Gasteiger partial charge in [0.05, 0.1) is 0 Å². The number of hydrogen-bond acceptors (Lipinski definition) is 4. The van der Waals surface area contributed by atoms with Crippen molar-refractivity contribution in [2.24, 2.45) is 11.7 Å². The van der Waals surface area contributed by atoms with Crippen LogP contribution in [0.1, 0.15) is 22.8 Å². The summed E-state index contributed by atoms with van der Waals surface area (Å²) in [6.45, 7) is 3.53. The van der Waals surface area contributed by atoms with Crippen LogP contribution in [0.5, 0.6) is 5.75 Å². The Morgan fingerprint density at radius 3 is 2.75 bits per heavy atom. The third-order valence-corrected chi connectivity index (χ3v) is 3.24. The molecule has 0 aliphatic carbocycles. The van der Waals surface area contributed by atoms with Gasteiger partial charge < -0.3 is 15.8 Å². The molecule has 1 aromatic carbocycles. The quantitative estimate of drug-likeness (QED) is 0.784. The van der Waals surface area contributed by atoms with Crippen molar-refractivity contribution in [3.05, 3.63) is 59.9 Å². The van der Waals surface area contributed by atoms with Crippen LogP contribution in [0, 0.1) is 5.92 Å². The zero-order valence-electron chi connectivity index (χ0n) is 13.5. The SMILES string of the molecule is CC(CN)CNC(=O)c1cccc(OCc2cccnc2)c1.Cl.Cl. The minimum absolute atomic E-state index is 0. The molecular weight excluding hydrogens is 349 g/mol. The van der Waals surface area contributed by atoms with E-state index in [9.17, 15) is 4.79 Å². The van der Waals surface area contributed by atoms with E-state index in [0.717, 1.165) is 5.56 Å². The minimum Gasteiger partial charge on any atom is -0.489 e. The number of halogens is 2. The summed E-state index contributed by atoms with van der Waals surface area (Å²) in [4.78, 5) is 16.1. The number of nitrogens with two attached hydrogens (primary N) is 1. The molecule has 132 valence electrons. The van der Waals surface area contributed by atoms with Gasteiger partial charge in [-0.05, 0) is 36.7 Å². The van der Waals surface area contributed by atoms with E-state index in [1.165, 1.54) is 0 Å². The van der Waals surface area contributed by atoms with Gasteiger partial charge in [0.2, 0.25) is 0 Å². The maximum atomic E-state index is 12.1. The molecule has 0 spiro atoms. The van der Waals surface area contributed by atoms with Crippen LogP contribution in [0.3, 0.4) is 0 Å². The zero-order chi connectivity index (χ0) is 15.8. The Labute approximate surface area is 154 Å². The van der Waals surface area contributed by atoms with Gasteiger partial charge in [-0.25, -0.2) is 0 Å². The number of ether oxygens (including phenoxy) is 1. The van der Waals surface area contributed by atoms with E-state index in [1.54, 1.807) is 30.6 Å². The van der Waals surface area contributed by atoms with E-state index >= 15 is 0 Å². The van der Waals surface area contributed by atoms with Gasteiger partial charge in [0, 0.05) is 30.1 Å². The number of rotatable bonds is 7. The Hall–Kier alpha value is -1.82. The van der Waals surface area contributed by atoms with E-state index in [2.05, 4.69) is 10.3 Å². The molecule has 2 aromatic rings. The molecule has 3 N–H and O–H groups in total. The number of aromatic nitrogens is 1. The number of nitrogens with one attached hydrogen (secondary N) is 1. The van der Waals surface area contributed by atoms with Crippen molar-refractivity contribution in [2.45, 2.75) is 13.5 Å². The molecule has 0 aliphatic rings. The number of carbonyl (C=O) groups is 1. The lowest BCUT2D eigenvalue weighted by Gasteiger charge is -2.11. The molecule has 1 atom stereocenters. The van der Waals surface area contributed by atoms with Crippen molar-refractivity contribution >= 4 is 30.7 Å². The lowest BCUT2D eigenvalue weighted by atomic mass is 10.1. The fourth-order valence-corrected chi connectivity index (χ4v) is 1.83. The first-order valence-electron chi connectivity index (χ1n) is 7.29. The minimum atomic E-state index is -0.118. The summed E-state index contributed by atoms with van der Waals surface area (Å²) in [6, 6.07) is 10.9. The van der Waals surface area contributed by atoms with E-state index in [0.29, 0.717) is 31.0 Å². The summed E-state index contributed by atoms with van der Waals surface area (Å²) < 4.78 is 5.69. The molecule has 7 heteroatoms. The van der Waals surface area contributed by atoms with Crippen LogP contribution in [-0.2, 0) is 6.61 Å². The molecule has 0 saturated carbocycles. The topological polar surface area (TPSA) is 77.2 Å². The second-order valence-electron chi connectivity index (χ2n) is 5.23. The molecular formula is C17H23Cl2N3O2. The van der Waals surface area contributed by atoms with Gasteiger partial charge in [-0.15, -0.1) is 24.8 Å². The summed E-state index contributed by atoms with van der Waals surface area (Å²) in [5, 5.41) is 2.87. The van der Waals surface area contributed by atoms with Crippen LogP contribution in [0.4, 0.5) is 0 Å². The standard InChI is InChI=1S/C17H21N3O2.2ClH/c1-13(9-18)10-20-17(21)15-5-2-6-16(8-15)22-12-14-4-3-7-19-11-14;;/h2-8,11,13H,9-10,12,18H2,1H3,(H,20,21);2*1H. The van der Waals surface area contributed by atoms with Gasteiger partial charge in [-0.1, -0.05) is 19.1 Å². The maximum Gasteiger partial charge on any atom is 0.251 e. The summed E-state index contributed by atoms with van der Waals surface area (Å²) in [7, 11) is 0. The van der Waals surface area contributed by atoms with Gasteiger partial charge in [0.15, 0.2) is 0 Å². The predicted octanol–water partition coefficient (Wildman–Crippen LogP) is 2.83.